The molecule has 2 heterocycles. The fourth-order valence-electron chi connectivity index (χ4n) is 2.14. The SMILES string of the molecule is O=C(Cn1cc([N+](=O)[O-])cn1)N1CCC(CO)CC1. The van der Waals surface area contributed by atoms with Gasteiger partial charge in [-0.1, -0.05) is 0 Å². The highest BCUT2D eigenvalue weighted by atomic mass is 16.6. The van der Waals surface area contributed by atoms with Crippen LogP contribution in [0.15, 0.2) is 12.4 Å². The van der Waals surface area contributed by atoms with Gasteiger partial charge in [-0.25, -0.2) is 0 Å². The van der Waals surface area contributed by atoms with Crippen LogP contribution in [0.4, 0.5) is 5.69 Å². The molecule has 8 nitrogen and oxygen atoms in total. The van der Waals surface area contributed by atoms with E-state index in [9.17, 15) is 14.9 Å². The van der Waals surface area contributed by atoms with Crippen molar-refractivity contribution < 1.29 is 14.8 Å². The Morgan fingerprint density at radius 1 is 1.53 bits per heavy atom. The molecular weight excluding hydrogens is 252 g/mol. The van der Waals surface area contributed by atoms with Gasteiger partial charge in [0, 0.05) is 19.7 Å². The topological polar surface area (TPSA) is 102 Å². The van der Waals surface area contributed by atoms with Gasteiger partial charge in [0.1, 0.15) is 18.9 Å². The standard InChI is InChI=1S/C11H16N4O4/c16-8-9-1-3-13(4-2-9)11(17)7-14-6-10(5-12-14)15(18)19/h5-6,9,16H,1-4,7-8H2. The zero-order valence-electron chi connectivity index (χ0n) is 10.4. The van der Waals surface area contributed by atoms with Crippen LogP contribution in [0.2, 0.25) is 0 Å². The first kappa shape index (κ1) is 13.5. The molecule has 1 amide bonds. The number of carbonyl (C=O) groups is 1. The zero-order chi connectivity index (χ0) is 13.8. The van der Waals surface area contributed by atoms with Crippen LogP contribution in [0.1, 0.15) is 12.8 Å². The van der Waals surface area contributed by atoms with Crippen LogP contribution in [0.25, 0.3) is 0 Å². The molecule has 0 atom stereocenters. The Bertz CT molecular complexity index is 465. The van der Waals surface area contributed by atoms with Gasteiger partial charge < -0.3 is 10.0 Å². The highest BCUT2D eigenvalue weighted by molar-refractivity contribution is 5.76. The molecule has 0 spiro atoms. The molecule has 0 bridgehead atoms. The summed E-state index contributed by atoms with van der Waals surface area (Å²) in [6.07, 6.45) is 3.96. The van der Waals surface area contributed by atoms with E-state index in [0.29, 0.717) is 13.1 Å². The van der Waals surface area contributed by atoms with Gasteiger partial charge in [0.05, 0.1) is 4.92 Å². The van der Waals surface area contributed by atoms with Crippen molar-refractivity contribution in [2.75, 3.05) is 19.7 Å². The van der Waals surface area contributed by atoms with Gasteiger partial charge in [0.2, 0.25) is 5.91 Å². The molecule has 1 aromatic rings. The molecule has 1 saturated heterocycles. The molecule has 0 radical (unpaired) electrons. The Labute approximate surface area is 109 Å². The Kier molecular flexibility index (Phi) is 4.10. The number of piperidine rings is 1. The Balaban J connectivity index is 1.88. The molecule has 8 heteroatoms. The molecule has 2 rings (SSSR count). The second-order valence-corrected chi connectivity index (χ2v) is 4.66. The molecule has 1 fully saturated rings. The largest absolute Gasteiger partial charge is 0.396 e. The van der Waals surface area contributed by atoms with Crippen LogP contribution < -0.4 is 0 Å². The zero-order valence-corrected chi connectivity index (χ0v) is 10.4. The average Bonchev–Trinajstić information content (AvgIpc) is 2.87. The van der Waals surface area contributed by atoms with Crippen molar-refractivity contribution in [1.82, 2.24) is 14.7 Å². The number of carbonyl (C=O) groups excluding carboxylic acids is 1. The number of aliphatic hydroxyl groups is 1. The van der Waals surface area contributed by atoms with Crippen molar-refractivity contribution in [3.05, 3.63) is 22.5 Å². The predicted octanol–water partition coefficient (Wildman–Crippen LogP) is 0.0222. The second kappa shape index (κ2) is 5.79. The summed E-state index contributed by atoms with van der Waals surface area (Å²) in [5.41, 5.74) is -0.119. The quantitative estimate of drug-likeness (QED) is 0.612. The second-order valence-electron chi connectivity index (χ2n) is 4.66. The molecular formula is C11H16N4O4. The smallest absolute Gasteiger partial charge is 0.307 e. The lowest BCUT2D eigenvalue weighted by molar-refractivity contribution is -0.385. The summed E-state index contributed by atoms with van der Waals surface area (Å²) in [4.78, 5) is 23.6. The monoisotopic (exact) mass is 268 g/mol. The van der Waals surface area contributed by atoms with E-state index in [4.69, 9.17) is 5.11 Å². The van der Waals surface area contributed by atoms with Crippen molar-refractivity contribution in [3.63, 3.8) is 0 Å². The first-order valence-electron chi connectivity index (χ1n) is 6.15. The van der Waals surface area contributed by atoms with Crippen LogP contribution in [-0.2, 0) is 11.3 Å². The van der Waals surface area contributed by atoms with Crippen LogP contribution in [0.3, 0.4) is 0 Å². The molecule has 19 heavy (non-hydrogen) atoms. The summed E-state index contributed by atoms with van der Waals surface area (Å²) >= 11 is 0. The van der Waals surface area contributed by atoms with Gasteiger partial charge in [-0.15, -0.1) is 0 Å². The highest BCUT2D eigenvalue weighted by Crippen LogP contribution is 2.17. The molecule has 104 valence electrons. The number of nitro groups is 1. The Morgan fingerprint density at radius 2 is 2.21 bits per heavy atom. The van der Waals surface area contributed by atoms with E-state index in [1.165, 1.54) is 10.9 Å². The molecule has 0 unspecified atom stereocenters. The summed E-state index contributed by atoms with van der Waals surface area (Å²) in [5.74, 6) is 0.171. The summed E-state index contributed by atoms with van der Waals surface area (Å²) in [5, 5.41) is 23.3. The fourth-order valence-corrected chi connectivity index (χ4v) is 2.14. The number of likely N-dealkylation sites (tertiary alicyclic amines) is 1. The maximum absolute atomic E-state index is 12.0. The minimum atomic E-state index is -0.541. The van der Waals surface area contributed by atoms with E-state index < -0.39 is 4.92 Å². The van der Waals surface area contributed by atoms with Crippen LogP contribution in [0, 0.1) is 16.0 Å². The van der Waals surface area contributed by atoms with E-state index in [1.54, 1.807) is 4.90 Å². The third kappa shape index (κ3) is 3.28. The molecule has 1 N–H and O–H groups in total. The number of rotatable bonds is 4. The van der Waals surface area contributed by atoms with Gasteiger partial charge >= 0.3 is 5.69 Å². The Hall–Kier alpha value is -1.96. The molecule has 0 saturated carbocycles. The lowest BCUT2D eigenvalue weighted by Crippen LogP contribution is -2.40. The number of aliphatic hydroxyl groups excluding tert-OH is 1. The average molecular weight is 268 g/mol. The van der Waals surface area contributed by atoms with Crippen molar-refractivity contribution in [2.24, 2.45) is 5.92 Å². The molecule has 1 aliphatic heterocycles. The lowest BCUT2D eigenvalue weighted by Gasteiger charge is -2.31. The number of nitrogens with zero attached hydrogens (tertiary/aromatic N) is 4. The van der Waals surface area contributed by atoms with Crippen molar-refractivity contribution in [3.8, 4) is 0 Å². The van der Waals surface area contributed by atoms with Crippen molar-refractivity contribution in [1.29, 1.82) is 0 Å². The normalized spacial score (nSPS) is 16.6. The summed E-state index contributed by atoms with van der Waals surface area (Å²) in [6, 6.07) is 0. The van der Waals surface area contributed by atoms with Gasteiger partial charge in [-0.2, -0.15) is 5.10 Å². The van der Waals surface area contributed by atoms with Gasteiger partial charge in [-0.3, -0.25) is 19.6 Å². The van der Waals surface area contributed by atoms with Crippen molar-refractivity contribution >= 4 is 11.6 Å². The van der Waals surface area contributed by atoms with Crippen LogP contribution in [-0.4, -0.2) is 50.3 Å². The van der Waals surface area contributed by atoms with E-state index >= 15 is 0 Å². The van der Waals surface area contributed by atoms with Gasteiger partial charge in [0.25, 0.3) is 0 Å². The summed E-state index contributed by atoms with van der Waals surface area (Å²) in [6.45, 7) is 1.41. The third-order valence-electron chi connectivity index (χ3n) is 3.35. The van der Waals surface area contributed by atoms with Crippen LogP contribution >= 0.6 is 0 Å². The molecule has 1 aromatic heterocycles. The van der Waals surface area contributed by atoms with Crippen LogP contribution in [0.5, 0.6) is 0 Å². The number of amides is 1. The predicted molar refractivity (Wildman–Crippen MR) is 65.3 cm³/mol. The minimum Gasteiger partial charge on any atom is -0.396 e. The first-order chi connectivity index (χ1) is 9.10. The van der Waals surface area contributed by atoms with Gasteiger partial charge in [-0.05, 0) is 18.8 Å². The number of aromatic nitrogens is 2. The van der Waals surface area contributed by atoms with E-state index in [2.05, 4.69) is 5.10 Å². The number of hydrogen-bond donors (Lipinski definition) is 1. The maximum atomic E-state index is 12.0. The Morgan fingerprint density at radius 3 is 2.74 bits per heavy atom. The molecule has 0 aliphatic carbocycles. The van der Waals surface area contributed by atoms with E-state index in [0.717, 1.165) is 19.0 Å². The lowest BCUT2D eigenvalue weighted by atomic mass is 9.98. The summed E-state index contributed by atoms with van der Waals surface area (Å²) in [7, 11) is 0. The maximum Gasteiger partial charge on any atom is 0.307 e. The highest BCUT2D eigenvalue weighted by Gasteiger charge is 2.22. The van der Waals surface area contributed by atoms with E-state index in [1.807, 2.05) is 0 Å². The minimum absolute atomic E-state index is 0.0115. The number of hydrogen-bond acceptors (Lipinski definition) is 5. The third-order valence-corrected chi connectivity index (χ3v) is 3.35. The van der Waals surface area contributed by atoms with Gasteiger partial charge in [0.15, 0.2) is 0 Å². The van der Waals surface area contributed by atoms with Crippen molar-refractivity contribution in [2.45, 2.75) is 19.4 Å². The molecule has 0 aromatic carbocycles. The first-order valence-corrected chi connectivity index (χ1v) is 6.15. The fraction of sp³-hybridized carbons (Fsp3) is 0.636. The van der Waals surface area contributed by atoms with E-state index in [-0.39, 0.29) is 30.7 Å². The molecule has 1 aliphatic rings. The summed E-state index contributed by atoms with van der Waals surface area (Å²) < 4.78 is 1.28.